The Kier molecular flexibility index (Phi) is 5.39. The highest BCUT2D eigenvalue weighted by Gasteiger charge is 2.06. The van der Waals surface area contributed by atoms with Gasteiger partial charge in [-0.2, -0.15) is 0 Å². The van der Waals surface area contributed by atoms with Gasteiger partial charge < -0.3 is 21.1 Å². The number of aliphatic imine (C=N–C) groups is 1. The topological polar surface area (TPSA) is 68.7 Å². The summed E-state index contributed by atoms with van der Waals surface area (Å²) in [7, 11) is 0. The van der Waals surface area contributed by atoms with Gasteiger partial charge in [0.1, 0.15) is 11.7 Å². The van der Waals surface area contributed by atoms with Crippen LogP contribution in [0.15, 0.2) is 77.6 Å². The largest absolute Gasteiger partial charge is 0.389 e. The number of aliphatic hydroxyl groups excluding tert-OH is 1. The molecular formula is C21H24N4O. The first-order chi connectivity index (χ1) is 12.5. The van der Waals surface area contributed by atoms with Gasteiger partial charge in [0.15, 0.2) is 0 Å². The van der Waals surface area contributed by atoms with Crippen molar-refractivity contribution in [3.8, 4) is 0 Å². The molecule has 2 aromatic carbocycles. The maximum Gasteiger partial charge on any atom is 0.126 e. The molecule has 5 heteroatoms. The Morgan fingerprint density at radius 2 is 1.81 bits per heavy atom. The van der Waals surface area contributed by atoms with Crippen molar-refractivity contribution in [2.45, 2.75) is 20.0 Å². The third-order valence-electron chi connectivity index (χ3n) is 4.00. The molecule has 0 bridgehead atoms. The van der Waals surface area contributed by atoms with Crippen LogP contribution in [0, 0.1) is 0 Å². The van der Waals surface area contributed by atoms with Crippen molar-refractivity contribution in [3.63, 3.8) is 0 Å². The summed E-state index contributed by atoms with van der Waals surface area (Å²) >= 11 is 0. The number of nitrogens with zero attached hydrogens (tertiary/aromatic N) is 1. The van der Waals surface area contributed by atoms with Crippen LogP contribution >= 0.6 is 0 Å². The Labute approximate surface area is 154 Å². The molecule has 1 unspecified atom stereocenters. The van der Waals surface area contributed by atoms with E-state index in [2.05, 4.69) is 34.4 Å². The lowest BCUT2D eigenvalue weighted by molar-refractivity contribution is 0.199. The van der Waals surface area contributed by atoms with E-state index in [1.54, 1.807) is 6.92 Å². The molecule has 1 atom stereocenters. The number of benzene rings is 2. The summed E-state index contributed by atoms with van der Waals surface area (Å²) in [5.41, 5.74) is 4.96. The first kappa shape index (κ1) is 17.8. The second-order valence-corrected chi connectivity index (χ2v) is 6.42. The lowest BCUT2D eigenvalue weighted by atomic mass is 10.1. The van der Waals surface area contributed by atoms with Crippen molar-refractivity contribution >= 4 is 22.9 Å². The van der Waals surface area contributed by atoms with Crippen molar-refractivity contribution in [2.24, 2.45) is 4.99 Å². The van der Waals surface area contributed by atoms with E-state index in [9.17, 15) is 5.11 Å². The summed E-state index contributed by atoms with van der Waals surface area (Å²) in [6, 6.07) is 15.7. The van der Waals surface area contributed by atoms with Gasteiger partial charge in [0, 0.05) is 17.1 Å². The summed E-state index contributed by atoms with van der Waals surface area (Å²) in [4.78, 5) is 4.36. The summed E-state index contributed by atoms with van der Waals surface area (Å²) in [6.07, 6.45) is 1.53. The van der Waals surface area contributed by atoms with Gasteiger partial charge in [-0.15, -0.1) is 0 Å². The van der Waals surface area contributed by atoms with E-state index in [-0.39, 0.29) is 0 Å². The lowest BCUT2D eigenvalue weighted by Gasteiger charge is -2.13. The number of rotatable bonds is 6. The Bertz CT molecular complexity index is 851. The number of nitrogens with one attached hydrogen (secondary N) is 3. The maximum atomic E-state index is 9.69. The fourth-order valence-corrected chi connectivity index (χ4v) is 2.65. The molecule has 1 heterocycles. The standard InChI is InChI=1S/C21H24N4O/c1-14-11-21(22-13-14)24-16(3)23-18-7-9-19(10-8-18)25-20-6-4-5-17(12-20)15(2)26/h4-12,15,23,25-26H,3,13H2,1-2H3,(H,22,24). The van der Waals surface area contributed by atoms with Crippen molar-refractivity contribution in [1.29, 1.82) is 0 Å². The van der Waals surface area contributed by atoms with Gasteiger partial charge in [0.2, 0.25) is 0 Å². The molecule has 0 amide bonds. The van der Waals surface area contributed by atoms with E-state index >= 15 is 0 Å². The van der Waals surface area contributed by atoms with E-state index in [4.69, 9.17) is 0 Å². The van der Waals surface area contributed by atoms with Crippen molar-refractivity contribution in [2.75, 3.05) is 17.2 Å². The van der Waals surface area contributed by atoms with Crippen LogP contribution in [0.1, 0.15) is 25.5 Å². The second kappa shape index (κ2) is 7.89. The molecule has 3 rings (SSSR count). The number of amidine groups is 1. The average molecular weight is 348 g/mol. The van der Waals surface area contributed by atoms with Gasteiger partial charge in [0.25, 0.3) is 0 Å². The first-order valence-electron chi connectivity index (χ1n) is 8.59. The summed E-state index contributed by atoms with van der Waals surface area (Å²) in [6.45, 7) is 8.54. The van der Waals surface area contributed by atoms with Gasteiger partial charge in [-0.1, -0.05) is 18.7 Å². The Morgan fingerprint density at radius 1 is 1.08 bits per heavy atom. The van der Waals surface area contributed by atoms with E-state index in [0.717, 1.165) is 35.0 Å². The molecule has 4 N–H and O–H groups in total. The predicted molar refractivity (Wildman–Crippen MR) is 109 cm³/mol. The van der Waals surface area contributed by atoms with Crippen LogP contribution in [-0.2, 0) is 0 Å². The zero-order valence-corrected chi connectivity index (χ0v) is 15.1. The Morgan fingerprint density at radius 3 is 2.46 bits per heavy atom. The minimum absolute atomic E-state index is 0.482. The fraction of sp³-hybridized carbons (Fsp3) is 0.190. The number of hydrogen-bond donors (Lipinski definition) is 4. The molecule has 0 fully saturated rings. The van der Waals surface area contributed by atoms with Gasteiger partial charge in [0.05, 0.1) is 12.6 Å². The zero-order valence-electron chi connectivity index (χ0n) is 15.1. The molecule has 1 aliphatic heterocycles. The monoisotopic (exact) mass is 348 g/mol. The zero-order chi connectivity index (χ0) is 18.5. The van der Waals surface area contributed by atoms with E-state index in [0.29, 0.717) is 5.82 Å². The smallest absolute Gasteiger partial charge is 0.126 e. The van der Waals surface area contributed by atoms with Crippen LogP contribution in [0.3, 0.4) is 0 Å². The molecule has 0 saturated carbocycles. The van der Waals surface area contributed by atoms with E-state index in [1.807, 2.05) is 54.6 Å². The van der Waals surface area contributed by atoms with Crippen LogP contribution in [0.25, 0.3) is 0 Å². The van der Waals surface area contributed by atoms with Crippen molar-refractivity contribution in [1.82, 2.24) is 5.32 Å². The fourth-order valence-electron chi connectivity index (χ4n) is 2.65. The van der Waals surface area contributed by atoms with Crippen LogP contribution in [0.2, 0.25) is 0 Å². The van der Waals surface area contributed by atoms with Gasteiger partial charge in [-0.3, -0.25) is 4.99 Å². The normalized spacial score (nSPS) is 14.3. The molecule has 0 aliphatic carbocycles. The molecule has 1 aliphatic rings. The number of anilines is 3. The number of hydrogen-bond acceptors (Lipinski definition) is 5. The molecule has 0 radical (unpaired) electrons. The molecule has 134 valence electrons. The molecule has 26 heavy (non-hydrogen) atoms. The molecule has 0 aromatic heterocycles. The van der Waals surface area contributed by atoms with Crippen LogP contribution < -0.4 is 16.0 Å². The Hall–Kier alpha value is -3.05. The van der Waals surface area contributed by atoms with Crippen LogP contribution in [0.4, 0.5) is 17.1 Å². The van der Waals surface area contributed by atoms with Crippen LogP contribution in [-0.4, -0.2) is 17.5 Å². The summed E-state index contributed by atoms with van der Waals surface area (Å²) in [5.74, 6) is 1.51. The van der Waals surface area contributed by atoms with Crippen molar-refractivity contribution < 1.29 is 5.11 Å². The molecule has 5 nitrogen and oxygen atoms in total. The second-order valence-electron chi connectivity index (χ2n) is 6.42. The summed E-state index contributed by atoms with van der Waals surface area (Å²) < 4.78 is 0. The van der Waals surface area contributed by atoms with Gasteiger partial charge in [-0.05, 0) is 67.5 Å². The summed E-state index contributed by atoms with van der Waals surface area (Å²) in [5, 5.41) is 19.4. The third kappa shape index (κ3) is 4.74. The minimum atomic E-state index is -0.482. The lowest BCUT2D eigenvalue weighted by Crippen LogP contribution is -2.23. The molecular weight excluding hydrogens is 324 g/mol. The SMILES string of the molecule is C=C(NC1=NCC(C)=C1)Nc1ccc(Nc2cccc(C(C)O)c2)cc1. The van der Waals surface area contributed by atoms with Crippen molar-refractivity contribution in [3.05, 3.63) is 78.1 Å². The average Bonchev–Trinajstić information content (AvgIpc) is 3.01. The molecule has 0 saturated heterocycles. The van der Waals surface area contributed by atoms with Gasteiger partial charge in [-0.25, -0.2) is 0 Å². The molecule has 0 spiro atoms. The minimum Gasteiger partial charge on any atom is -0.389 e. The highest BCUT2D eigenvalue weighted by atomic mass is 16.3. The predicted octanol–water partition coefficient (Wildman–Crippen LogP) is 4.31. The van der Waals surface area contributed by atoms with E-state index in [1.165, 1.54) is 5.57 Å². The number of aliphatic hydroxyl groups is 1. The van der Waals surface area contributed by atoms with Gasteiger partial charge >= 0.3 is 0 Å². The third-order valence-corrected chi connectivity index (χ3v) is 4.00. The molecule has 2 aromatic rings. The van der Waals surface area contributed by atoms with E-state index < -0.39 is 6.10 Å². The van der Waals surface area contributed by atoms with Crippen LogP contribution in [0.5, 0.6) is 0 Å². The quantitative estimate of drug-likeness (QED) is 0.628. The first-order valence-corrected chi connectivity index (χ1v) is 8.59. The Balaban J connectivity index is 1.58. The maximum absolute atomic E-state index is 9.69. The highest BCUT2D eigenvalue weighted by molar-refractivity contribution is 5.96. The highest BCUT2D eigenvalue weighted by Crippen LogP contribution is 2.22.